The summed E-state index contributed by atoms with van der Waals surface area (Å²) in [5, 5.41) is 7.56. The number of hydrogen-bond donors (Lipinski definition) is 1. The standard InChI is InChI=1S/C21H26ClN5O4/c1-4-31-21(30)26-11-9-25(10-12-26)20(29)15(3)27-13-18(14(2)24-27)23-19(28)16-7-5-6-8-17(16)22/h5-8,13,15H,4,9-12H2,1-3H3,(H,23,28). The molecule has 1 atom stereocenters. The average Bonchev–Trinajstić information content (AvgIpc) is 3.13. The van der Waals surface area contributed by atoms with Gasteiger partial charge >= 0.3 is 6.09 Å². The third kappa shape index (κ3) is 5.16. The van der Waals surface area contributed by atoms with E-state index in [4.69, 9.17) is 16.3 Å². The second-order valence-electron chi connectivity index (χ2n) is 7.23. The van der Waals surface area contributed by atoms with Gasteiger partial charge in [0.15, 0.2) is 0 Å². The molecule has 0 saturated carbocycles. The number of nitrogens with zero attached hydrogens (tertiary/aromatic N) is 4. The van der Waals surface area contributed by atoms with E-state index in [9.17, 15) is 14.4 Å². The number of carbonyl (C=O) groups is 3. The first-order valence-corrected chi connectivity index (χ1v) is 10.5. The molecule has 1 unspecified atom stereocenters. The van der Waals surface area contributed by atoms with Crippen LogP contribution >= 0.6 is 11.6 Å². The number of aromatic nitrogens is 2. The van der Waals surface area contributed by atoms with Gasteiger partial charge in [-0.1, -0.05) is 23.7 Å². The van der Waals surface area contributed by atoms with Crippen molar-refractivity contribution in [3.8, 4) is 0 Å². The number of rotatable bonds is 5. The van der Waals surface area contributed by atoms with Crippen LogP contribution in [0.4, 0.5) is 10.5 Å². The van der Waals surface area contributed by atoms with E-state index in [1.807, 2.05) is 0 Å². The van der Waals surface area contributed by atoms with Gasteiger partial charge in [-0.05, 0) is 32.9 Å². The van der Waals surface area contributed by atoms with Crippen LogP contribution in [0.1, 0.15) is 35.9 Å². The summed E-state index contributed by atoms with van der Waals surface area (Å²) in [5.74, 6) is -0.447. The molecular weight excluding hydrogens is 422 g/mol. The van der Waals surface area contributed by atoms with Gasteiger partial charge in [-0.3, -0.25) is 14.3 Å². The van der Waals surface area contributed by atoms with Gasteiger partial charge < -0.3 is 19.9 Å². The molecule has 1 aromatic carbocycles. The number of nitrogens with one attached hydrogen (secondary N) is 1. The molecule has 0 radical (unpaired) electrons. The van der Waals surface area contributed by atoms with Crippen LogP contribution in [0.15, 0.2) is 30.5 Å². The molecule has 10 heteroatoms. The van der Waals surface area contributed by atoms with Crippen LogP contribution in [0.5, 0.6) is 0 Å². The average molecular weight is 448 g/mol. The first-order valence-electron chi connectivity index (χ1n) is 10.1. The maximum atomic E-state index is 12.9. The first kappa shape index (κ1) is 22.6. The van der Waals surface area contributed by atoms with Crippen molar-refractivity contribution in [2.45, 2.75) is 26.8 Å². The normalized spacial score (nSPS) is 14.8. The monoisotopic (exact) mass is 447 g/mol. The van der Waals surface area contributed by atoms with Crippen molar-refractivity contribution in [1.29, 1.82) is 0 Å². The van der Waals surface area contributed by atoms with Gasteiger partial charge in [-0.2, -0.15) is 5.10 Å². The molecule has 9 nitrogen and oxygen atoms in total. The third-order valence-electron chi connectivity index (χ3n) is 5.15. The zero-order valence-corrected chi connectivity index (χ0v) is 18.6. The van der Waals surface area contributed by atoms with E-state index < -0.39 is 6.04 Å². The molecule has 0 spiro atoms. The van der Waals surface area contributed by atoms with E-state index in [0.717, 1.165) is 0 Å². The summed E-state index contributed by atoms with van der Waals surface area (Å²) >= 11 is 6.09. The maximum absolute atomic E-state index is 12.9. The van der Waals surface area contributed by atoms with E-state index >= 15 is 0 Å². The first-order chi connectivity index (χ1) is 14.8. The zero-order valence-electron chi connectivity index (χ0n) is 17.8. The second kappa shape index (κ2) is 9.82. The lowest BCUT2D eigenvalue weighted by molar-refractivity contribution is -0.136. The minimum absolute atomic E-state index is 0.102. The summed E-state index contributed by atoms with van der Waals surface area (Å²) in [6, 6.07) is 6.22. The van der Waals surface area contributed by atoms with E-state index in [1.54, 1.807) is 61.0 Å². The topological polar surface area (TPSA) is 96.8 Å². The number of anilines is 1. The van der Waals surface area contributed by atoms with Crippen molar-refractivity contribution in [2.75, 3.05) is 38.1 Å². The number of piperazine rings is 1. The molecule has 1 aromatic heterocycles. The maximum Gasteiger partial charge on any atom is 0.409 e. The fourth-order valence-electron chi connectivity index (χ4n) is 3.34. The molecule has 166 valence electrons. The summed E-state index contributed by atoms with van der Waals surface area (Å²) in [6.07, 6.45) is 1.28. The van der Waals surface area contributed by atoms with Gasteiger partial charge in [-0.15, -0.1) is 0 Å². The molecule has 3 rings (SSSR count). The largest absolute Gasteiger partial charge is 0.450 e. The van der Waals surface area contributed by atoms with Crippen LogP contribution in [0.2, 0.25) is 5.02 Å². The van der Waals surface area contributed by atoms with Crippen LogP contribution in [-0.4, -0.2) is 70.3 Å². The molecule has 2 aromatic rings. The summed E-state index contributed by atoms with van der Waals surface area (Å²) in [4.78, 5) is 40.6. The highest BCUT2D eigenvalue weighted by Crippen LogP contribution is 2.21. The lowest BCUT2D eigenvalue weighted by atomic mass is 10.2. The van der Waals surface area contributed by atoms with Crippen LogP contribution in [-0.2, 0) is 9.53 Å². The Kier molecular flexibility index (Phi) is 7.17. The molecule has 1 fully saturated rings. The summed E-state index contributed by atoms with van der Waals surface area (Å²) < 4.78 is 6.55. The van der Waals surface area contributed by atoms with Gasteiger partial charge in [0.2, 0.25) is 5.91 Å². The number of ether oxygens (including phenoxy) is 1. The van der Waals surface area contributed by atoms with Crippen molar-refractivity contribution in [3.63, 3.8) is 0 Å². The molecule has 1 saturated heterocycles. The van der Waals surface area contributed by atoms with E-state index in [1.165, 1.54) is 4.68 Å². The molecule has 0 bridgehead atoms. The van der Waals surface area contributed by atoms with E-state index in [-0.39, 0.29) is 17.9 Å². The number of benzene rings is 1. The molecule has 3 amide bonds. The highest BCUT2D eigenvalue weighted by atomic mass is 35.5. The van der Waals surface area contributed by atoms with Crippen molar-refractivity contribution in [1.82, 2.24) is 19.6 Å². The zero-order chi connectivity index (χ0) is 22.5. The molecule has 2 heterocycles. The fourth-order valence-corrected chi connectivity index (χ4v) is 3.56. The molecule has 1 aliphatic rings. The van der Waals surface area contributed by atoms with Crippen molar-refractivity contribution in [3.05, 3.63) is 46.7 Å². The quantitative estimate of drug-likeness (QED) is 0.760. The Labute approximate surface area is 185 Å². The Hall–Kier alpha value is -3.07. The highest BCUT2D eigenvalue weighted by Gasteiger charge is 2.29. The molecular formula is C21H26ClN5O4. The van der Waals surface area contributed by atoms with Crippen molar-refractivity contribution >= 4 is 35.2 Å². The molecule has 31 heavy (non-hydrogen) atoms. The molecule has 1 aliphatic heterocycles. The molecule has 0 aliphatic carbocycles. The smallest absolute Gasteiger partial charge is 0.409 e. The van der Waals surface area contributed by atoms with Gasteiger partial charge in [0.25, 0.3) is 5.91 Å². The van der Waals surface area contributed by atoms with Gasteiger partial charge in [-0.25, -0.2) is 4.79 Å². The Bertz CT molecular complexity index is 968. The lowest BCUT2D eigenvalue weighted by Gasteiger charge is -2.35. The number of halogens is 1. The Morgan fingerprint density at radius 3 is 2.45 bits per heavy atom. The predicted octanol–water partition coefficient (Wildman–Crippen LogP) is 2.96. The summed E-state index contributed by atoms with van der Waals surface area (Å²) in [6.45, 7) is 7.31. The Morgan fingerprint density at radius 2 is 1.81 bits per heavy atom. The van der Waals surface area contributed by atoms with Gasteiger partial charge in [0.05, 0.1) is 28.6 Å². The highest BCUT2D eigenvalue weighted by molar-refractivity contribution is 6.34. The van der Waals surface area contributed by atoms with Crippen LogP contribution < -0.4 is 5.32 Å². The SMILES string of the molecule is CCOC(=O)N1CCN(C(=O)C(C)n2cc(NC(=O)c3ccccc3Cl)c(C)n2)CC1. The Balaban J connectivity index is 1.63. The van der Waals surface area contributed by atoms with Crippen molar-refractivity contribution < 1.29 is 19.1 Å². The van der Waals surface area contributed by atoms with Crippen LogP contribution in [0.25, 0.3) is 0 Å². The number of amides is 3. The summed E-state index contributed by atoms with van der Waals surface area (Å²) in [7, 11) is 0. The number of aryl methyl sites for hydroxylation is 1. The molecule has 1 N–H and O–H groups in total. The van der Waals surface area contributed by atoms with Gasteiger partial charge in [0.1, 0.15) is 6.04 Å². The number of hydrogen-bond acceptors (Lipinski definition) is 5. The van der Waals surface area contributed by atoms with Crippen molar-refractivity contribution in [2.24, 2.45) is 0 Å². The number of carbonyl (C=O) groups excluding carboxylic acids is 3. The minimum Gasteiger partial charge on any atom is -0.450 e. The summed E-state index contributed by atoms with van der Waals surface area (Å²) in [5.41, 5.74) is 1.46. The fraction of sp³-hybridized carbons (Fsp3) is 0.429. The second-order valence-corrected chi connectivity index (χ2v) is 7.64. The van der Waals surface area contributed by atoms with Crippen LogP contribution in [0, 0.1) is 6.92 Å². The minimum atomic E-state index is -0.557. The van der Waals surface area contributed by atoms with Crippen LogP contribution in [0.3, 0.4) is 0 Å². The Morgan fingerprint density at radius 1 is 1.16 bits per heavy atom. The predicted molar refractivity (Wildman–Crippen MR) is 116 cm³/mol. The third-order valence-corrected chi connectivity index (χ3v) is 5.48. The van der Waals surface area contributed by atoms with E-state index in [2.05, 4.69) is 10.4 Å². The van der Waals surface area contributed by atoms with Gasteiger partial charge in [0, 0.05) is 32.4 Å². The van der Waals surface area contributed by atoms with E-state index in [0.29, 0.717) is 54.8 Å². The lowest BCUT2D eigenvalue weighted by Crippen LogP contribution is -2.52.